The average Bonchev–Trinajstić information content (AvgIpc) is 2.42. The lowest BCUT2D eigenvalue weighted by Crippen LogP contribution is -2.25. The molecule has 2 unspecified atom stereocenters. The van der Waals surface area contributed by atoms with Gasteiger partial charge in [0, 0.05) is 4.47 Å². The lowest BCUT2D eigenvalue weighted by Gasteiger charge is -2.29. The molecule has 0 amide bonds. The van der Waals surface area contributed by atoms with Crippen LogP contribution < -0.4 is 10.5 Å². The molecule has 0 aliphatic heterocycles. The minimum atomic E-state index is 0.386. The number of hydrogen-bond donors (Lipinski definition) is 1. The van der Waals surface area contributed by atoms with Crippen molar-refractivity contribution >= 4 is 15.9 Å². The van der Waals surface area contributed by atoms with Gasteiger partial charge in [0.15, 0.2) is 0 Å². The summed E-state index contributed by atoms with van der Waals surface area (Å²) in [6.07, 6.45) is 7.59. The maximum atomic E-state index is 6.25. The molecule has 0 heterocycles. The summed E-state index contributed by atoms with van der Waals surface area (Å²) in [5, 5.41) is 0. The molecule has 1 saturated carbocycles. The molecule has 106 valence electrons. The van der Waals surface area contributed by atoms with Crippen LogP contribution in [-0.2, 0) is 6.42 Å². The van der Waals surface area contributed by atoms with Gasteiger partial charge in [0.25, 0.3) is 0 Å². The molecule has 0 saturated heterocycles. The third kappa shape index (κ3) is 4.22. The van der Waals surface area contributed by atoms with Crippen LogP contribution in [0.5, 0.6) is 5.75 Å². The summed E-state index contributed by atoms with van der Waals surface area (Å²) in [6.45, 7) is 2.95. The lowest BCUT2D eigenvalue weighted by atomic mass is 9.85. The Kier molecular flexibility index (Phi) is 5.71. The van der Waals surface area contributed by atoms with Crippen LogP contribution in [0.15, 0.2) is 22.7 Å². The molecular formula is C16H24BrNO. The van der Waals surface area contributed by atoms with E-state index in [1.807, 2.05) is 0 Å². The van der Waals surface area contributed by atoms with Crippen molar-refractivity contribution in [3.8, 4) is 5.75 Å². The Hall–Kier alpha value is -0.540. The van der Waals surface area contributed by atoms with E-state index >= 15 is 0 Å². The molecule has 0 aromatic heterocycles. The minimum Gasteiger partial charge on any atom is -0.490 e. The normalized spacial score (nSPS) is 23.3. The molecule has 1 aromatic carbocycles. The van der Waals surface area contributed by atoms with Crippen molar-refractivity contribution in [1.29, 1.82) is 0 Å². The number of nitrogens with two attached hydrogens (primary N) is 1. The molecule has 2 atom stereocenters. The monoisotopic (exact) mass is 325 g/mol. The van der Waals surface area contributed by atoms with Gasteiger partial charge in [-0.05, 0) is 61.9 Å². The summed E-state index contributed by atoms with van der Waals surface area (Å²) in [7, 11) is 0. The first-order valence-electron chi connectivity index (χ1n) is 7.38. The second-order valence-corrected chi connectivity index (χ2v) is 6.39. The van der Waals surface area contributed by atoms with Crippen LogP contribution in [0, 0.1) is 5.92 Å². The van der Waals surface area contributed by atoms with Gasteiger partial charge in [-0.3, -0.25) is 0 Å². The molecule has 0 radical (unpaired) electrons. The Morgan fingerprint density at radius 3 is 2.95 bits per heavy atom. The van der Waals surface area contributed by atoms with E-state index in [2.05, 4.69) is 41.1 Å². The summed E-state index contributed by atoms with van der Waals surface area (Å²) < 4.78 is 7.35. The van der Waals surface area contributed by atoms with Gasteiger partial charge in [-0.25, -0.2) is 0 Å². The second-order valence-electron chi connectivity index (χ2n) is 5.47. The largest absolute Gasteiger partial charge is 0.490 e. The Labute approximate surface area is 124 Å². The molecule has 1 fully saturated rings. The van der Waals surface area contributed by atoms with Crippen LogP contribution in [0.2, 0.25) is 0 Å². The fraction of sp³-hybridized carbons (Fsp3) is 0.625. The zero-order valence-electron chi connectivity index (χ0n) is 11.7. The maximum absolute atomic E-state index is 6.25. The zero-order chi connectivity index (χ0) is 13.7. The van der Waals surface area contributed by atoms with Crippen molar-refractivity contribution in [3.05, 3.63) is 28.2 Å². The predicted molar refractivity (Wildman–Crippen MR) is 83.6 cm³/mol. The SMILES string of the molecule is CCC1CCCC(Oc2ccc(Br)cc2CCN)C1. The first-order valence-corrected chi connectivity index (χ1v) is 8.17. The van der Waals surface area contributed by atoms with Crippen LogP contribution >= 0.6 is 15.9 Å². The first kappa shape index (κ1) is 14.9. The zero-order valence-corrected chi connectivity index (χ0v) is 13.3. The number of benzene rings is 1. The van der Waals surface area contributed by atoms with Crippen LogP contribution in [0.3, 0.4) is 0 Å². The van der Waals surface area contributed by atoms with Gasteiger partial charge in [-0.1, -0.05) is 35.7 Å². The number of hydrogen-bond acceptors (Lipinski definition) is 2. The topological polar surface area (TPSA) is 35.2 Å². The third-order valence-electron chi connectivity index (χ3n) is 4.04. The van der Waals surface area contributed by atoms with Crippen molar-refractivity contribution in [1.82, 2.24) is 0 Å². The Morgan fingerprint density at radius 2 is 2.21 bits per heavy atom. The molecule has 2 rings (SSSR count). The van der Waals surface area contributed by atoms with Crippen LogP contribution in [-0.4, -0.2) is 12.6 Å². The highest BCUT2D eigenvalue weighted by atomic mass is 79.9. The summed E-state index contributed by atoms with van der Waals surface area (Å²) >= 11 is 3.52. The minimum absolute atomic E-state index is 0.386. The van der Waals surface area contributed by atoms with Crippen molar-refractivity contribution in [3.63, 3.8) is 0 Å². The van der Waals surface area contributed by atoms with E-state index in [9.17, 15) is 0 Å². The summed E-state index contributed by atoms with van der Waals surface area (Å²) in [5.41, 5.74) is 6.90. The highest BCUT2D eigenvalue weighted by molar-refractivity contribution is 9.10. The van der Waals surface area contributed by atoms with E-state index < -0.39 is 0 Å². The molecule has 3 heteroatoms. The second kappa shape index (κ2) is 7.30. The molecule has 0 bridgehead atoms. The van der Waals surface area contributed by atoms with E-state index in [-0.39, 0.29) is 0 Å². The number of ether oxygens (including phenoxy) is 1. The molecule has 2 nitrogen and oxygen atoms in total. The standard InChI is InChI=1S/C16H24BrNO/c1-2-12-4-3-5-15(10-12)19-16-7-6-14(17)11-13(16)8-9-18/h6-7,11-12,15H,2-5,8-10,18H2,1H3. The van der Waals surface area contributed by atoms with Crippen molar-refractivity contribution in [2.45, 2.75) is 51.6 Å². The summed E-state index contributed by atoms with van der Waals surface area (Å²) in [4.78, 5) is 0. The fourth-order valence-electron chi connectivity index (χ4n) is 2.91. The van der Waals surface area contributed by atoms with E-state index in [1.54, 1.807) is 0 Å². The van der Waals surface area contributed by atoms with Gasteiger partial charge in [-0.15, -0.1) is 0 Å². The maximum Gasteiger partial charge on any atom is 0.123 e. The third-order valence-corrected chi connectivity index (χ3v) is 4.54. The van der Waals surface area contributed by atoms with Gasteiger partial charge >= 0.3 is 0 Å². The molecular weight excluding hydrogens is 302 g/mol. The van der Waals surface area contributed by atoms with Crippen LogP contribution in [0.25, 0.3) is 0 Å². The van der Waals surface area contributed by atoms with E-state index in [0.717, 1.165) is 22.6 Å². The Bertz CT molecular complexity index is 408. The predicted octanol–water partition coefficient (Wildman–Crippen LogP) is 4.30. The fourth-order valence-corrected chi connectivity index (χ4v) is 3.32. The van der Waals surface area contributed by atoms with Gasteiger partial charge in [0.2, 0.25) is 0 Å². The molecule has 0 spiro atoms. The Morgan fingerprint density at radius 1 is 1.37 bits per heavy atom. The van der Waals surface area contributed by atoms with Gasteiger partial charge < -0.3 is 10.5 Å². The van der Waals surface area contributed by atoms with Crippen molar-refractivity contribution in [2.24, 2.45) is 11.7 Å². The van der Waals surface area contributed by atoms with Crippen LogP contribution in [0.4, 0.5) is 0 Å². The number of halogens is 1. The smallest absolute Gasteiger partial charge is 0.123 e. The van der Waals surface area contributed by atoms with Gasteiger partial charge in [0.1, 0.15) is 5.75 Å². The van der Waals surface area contributed by atoms with E-state index in [1.165, 1.54) is 37.7 Å². The molecule has 1 aliphatic rings. The highest BCUT2D eigenvalue weighted by Crippen LogP contribution is 2.31. The first-order chi connectivity index (χ1) is 9.22. The molecule has 1 aliphatic carbocycles. The average molecular weight is 326 g/mol. The van der Waals surface area contributed by atoms with Crippen LogP contribution in [0.1, 0.15) is 44.6 Å². The highest BCUT2D eigenvalue weighted by Gasteiger charge is 2.22. The number of rotatable bonds is 5. The molecule has 19 heavy (non-hydrogen) atoms. The van der Waals surface area contributed by atoms with E-state index in [4.69, 9.17) is 10.5 Å². The van der Waals surface area contributed by atoms with Crippen molar-refractivity contribution < 1.29 is 4.74 Å². The van der Waals surface area contributed by atoms with E-state index in [0.29, 0.717) is 12.6 Å². The summed E-state index contributed by atoms with van der Waals surface area (Å²) in [5.74, 6) is 1.86. The quantitative estimate of drug-likeness (QED) is 0.876. The van der Waals surface area contributed by atoms with Crippen molar-refractivity contribution in [2.75, 3.05) is 6.54 Å². The van der Waals surface area contributed by atoms with Gasteiger partial charge in [0.05, 0.1) is 6.10 Å². The Balaban J connectivity index is 2.05. The van der Waals surface area contributed by atoms with Gasteiger partial charge in [-0.2, -0.15) is 0 Å². The summed E-state index contributed by atoms with van der Waals surface area (Å²) in [6, 6.07) is 6.25. The molecule has 1 aromatic rings. The molecule has 2 N–H and O–H groups in total. The lowest BCUT2D eigenvalue weighted by molar-refractivity contribution is 0.121.